The summed E-state index contributed by atoms with van der Waals surface area (Å²) in [5.74, 6) is 0.995. The monoisotopic (exact) mass is 174 g/mol. The van der Waals surface area contributed by atoms with Crippen LogP contribution in [0.5, 0.6) is 0 Å². The molecule has 10 heavy (non-hydrogen) atoms. The molecule has 1 aromatic heterocycles. The van der Waals surface area contributed by atoms with Crippen LogP contribution in [-0.4, -0.2) is 15.7 Å². The second kappa shape index (κ2) is 3.78. The largest absolute Gasteiger partial charge is 0.259 e. The van der Waals surface area contributed by atoms with Crippen molar-refractivity contribution in [2.24, 2.45) is 0 Å². The summed E-state index contributed by atoms with van der Waals surface area (Å²) in [6, 6.07) is 0. The molecule has 0 aromatic carbocycles. The first-order valence-corrected chi connectivity index (χ1v) is 4.29. The molecule has 1 heterocycles. The van der Waals surface area contributed by atoms with Gasteiger partial charge in [0.15, 0.2) is 0 Å². The van der Waals surface area contributed by atoms with Gasteiger partial charge in [0.25, 0.3) is 0 Å². The van der Waals surface area contributed by atoms with E-state index >= 15 is 0 Å². The number of aromatic nitrogens is 2. The highest BCUT2D eigenvalue weighted by atomic mass is 35.5. The Morgan fingerprint density at radius 3 is 3.00 bits per heavy atom. The molecule has 0 saturated heterocycles. The van der Waals surface area contributed by atoms with Crippen LogP contribution in [0.25, 0.3) is 0 Å². The third kappa shape index (κ3) is 2.15. The van der Waals surface area contributed by atoms with Gasteiger partial charge in [0, 0.05) is 0 Å². The lowest BCUT2D eigenvalue weighted by Gasteiger charge is -1.94. The van der Waals surface area contributed by atoms with Crippen molar-refractivity contribution in [2.75, 3.05) is 5.75 Å². The summed E-state index contributed by atoms with van der Waals surface area (Å²) in [5, 5.41) is 1.34. The normalized spacial score (nSPS) is 9.80. The Morgan fingerprint density at radius 1 is 1.60 bits per heavy atom. The first kappa shape index (κ1) is 7.82. The first-order valence-electron chi connectivity index (χ1n) is 2.93. The van der Waals surface area contributed by atoms with E-state index in [9.17, 15) is 0 Å². The van der Waals surface area contributed by atoms with E-state index in [1.54, 1.807) is 18.0 Å². The molecule has 0 unspecified atom stereocenters. The molecule has 0 spiro atoms. The maximum Gasteiger partial charge on any atom is 0.148 e. The standard InChI is InChI=1S/C6H7ClN2S/c1-2-10-6-4-8-3-5(7)9-6/h3-4H,2H2,1H3. The van der Waals surface area contributed by atoms with Crippen molar-refractivity contribution in [3.8, 4) is 0 Å². The molecule has 0 amide bonds. The Bertz CT molecular complexity index is 217. The molecule has 1 rings (SSSR count). The zero-order valence-electron chi connectivity index (χ0n) is 5.54. The maximum absolute atomic E-state index is 5.59. The van der Waals surface area contributed by atoms with Crippen molar-refractivity contribution < 1.29 is 0 Å². The van der Waals surface area contributed by atoms with Gasteiger partial charge in [-0.05, 0) is 5.75 Å². The predicted octanol–water partition coefficient (Wildman–Crippen LogP) is 2.24. The van der Waals surface area contributed by atoms with Crippen LogP contribution in [0.1, 0.15) is 6.92 Å². The lowest BCUT2D eigenvalue weighted by Crippen LogP contribution is -1.82. The van der Waals surface area contributed by atoms with Gasteiger partial charge in [-0.15, -0.1) is 11.8 Å². The Labute approximate surface area is 69.0 Å². The number of nitrogens with zero attached hydrogens (tertiary/aromatic N) is 2. The minimum absolute atomic E-state index is 0.457. The van der Waals surface area contributed by atoms with Gasteiger partial charge >= 0.3 is 0 Å². The topological polar surface area (TPSA) is 25.8 Å². The van der Waals surface area contributed by atoms with Gasteiger partial charge in [0.05, 0.1) is 12.4 Å². The van der Waals surface area contributed by atoms with E-state index in [2.05, 4.69) is 16.9 Å². The molecule has 0 saturated carbocycles. The molecular formula is C6H7ClN2S. The fraction of sp³-hybridized carbons (Fsp3) is 0.333. The molecule has 54 valence electrons. The molecule has 0 aliphatic heterocycles. The van der Waals surface area contributed by atoms with Crippen molar-refractivity contribution in [1.29, 1.82) is 0 Å². The zero-order chi connectivity index (χ0) is 7.40. The highest BCUT2D eigenvalue weighted by Crippen LogP contribution is 2.14. The number of thioether (sulfide) groups is 1. The van der Waals surface area contributed by atoms with Crippen molar-refractivity contribution in [1.82, 2.24) is 9.97 Å². The van der Waals surface area contributed by atoms with Gasteiger partial charge in [-0.1, -0.05) is 18.5 Å². The summed E-state index contributed by atoms with van der Waals surface area (Å²) in [6.45, 7) is 2.06. The van der Waals surface area contributed by atoms with E-state index in [1.807, 2.05) is 0 Å². The number of rotatable bonds is 2. The van der Waals surface area contributed by atoms with Crippen molar-refractivity contribution in [3.63, 3.8) is 0 Å². The highest BCUT2D eigenvalue weighted by Gasteiger charge is 1.93. The molecule has 4 heteroatoms. The number of halogens is 1. The smallest absolute Gasteiger partial charge is 0.148 e. The zero-order valence-corrected chi connectivity index (χ0v) is 7.11. The van der Waals surface area contributed by atoms with E-state index < -0.39 is 0 Å². The molecule has 0 fully saturated rings. The summed E-state index contributed by atoms with van der Waals surface area (Å²) in [5.41, 5.74) is 0. The van der Waals surface area contributed by atoms with Crippen molar-refractivity contribution in [2.45, 2.75) is 11.9 Å². The van der Waals surface area contributed by atoms with E-state index in [0.717, 1.165) is 10.8 Å². The second-order valence-corrected chi connectivity index (χ2v) is 3.28. The Morgan fingerprint density at radius 2 is 2.40 bits per heavy atom. The van der Waals surface area contributed by atoms with E-state index in [0.29, 0.717) is 5.15 Å². The average Bonchev–Trinajstić information content (AvgIpc) is 1.88. The summed E-state index contributed by atoms with van der Waals surface area (Å²) < 4.78 is 0. The van der Waals surface area contributed by atoms with Gasteiger partial charge in [0.1, 0.15) is 10.2 Å². The average molecular weight is 175 g/mol. The Balaban J connectivity index is 2.75. The second-order valence-electron chi connectivity index (χ2n) is 1.61. The summed E-state index contributed by atoms with van der Waals surface area (Å²) in [6.07, 6.45) is 3.24. The third-order valence-corrected chi connectivity index (χ3v) is 1.84. The van der Waals surface area contributed by atoms with Crippen LogP contribution in [0.4, 0.5) is 0 Å². The van der Waals surface area contributed by atoms with Crippen LogP contribution < -0.4 is 0 Å². The van der Waals surface area contributed by atoms with Crippen LogP contribution in [0.3, 0.4) is 0 Å². The minimum atomic E-state index is 0.457. The van der Waals surface area contributed by atoms with Crippen molar-refractivity contribution in [3.05, 3.63) is 17.5 Å². The predicted molar refractivity (Wildman–Crippen MR) is 43.4 cm³/mol. The van der Waals surface area contributed by atoms with Gasteiger partial charge in [0.2, 0.25) is 0 Å². The van der Waals surface area contributed by atoms with E-state index in [-0.39, 0.29) is 0 Å². The quantitative estimate of drug-likeness (QED) is 0.644. The molecular weight excluding hydrogens is 168 g/mol. The number of hydrogen-bond donors (Lipinski definition) is 0. The molecule has 0 bridgehead atoms. The van der Waals surface area contributed by atoms with Gasteiger partial charge in [-0.25, -0.2) is 4.98 Å². The molecule has 0 atom stereocenters. The molecule has 1 aromatic rings. The summed E-state index contributed by atoms with van der Waals surface area (Å²) in [7, 11) is 0. The molecule has 0 radical (unpaired) electrons. The van der Waals surface area contributed by atoms with Gasteiger partial charge in [-0.2, -0.15) is 0 Å². The Kier molecular flexibility index (Phi) is 2.96. The molecule has 2 nitrogen and oxygen atoms in total. The lowest BCUT2D eigenvalue weighted by molar-refractivity contribution is 1.06. The van der Waals surface area contributed by atoms with Crippen LogP contribution in [0, 0.1) is 0 Å². The van der Waals surface area contributed by atoms with Crippen LogP contribution in [0.15, 0.2) is 17.4 Å². The molecule has 0 aliphatic rings. The first-order chi connectivity index (χ1) is 4.83. The van der Waals surface area contributed by atoms with Crippen LogP contribution >= 0.6 is 23.4 Å². The van der Waals surface area contributed by atoms with Gasteiger partial charge < -0.3 is 0 Å². The maximum atomic E-state index is 5.59. The Hall–Kier alpha value is -0.280. The fourth-order valence-corrected chi connectivity index (χ4v) is 1.33. The highest BCUT2D eigenvalue weighted by molar-refractivity contribution is 7.99. The third-order valence-electron chi connectivity index (χ3n) is 0.875. The summed E-state index contributed by atoms with van der Waals surface area (Å²) in [4.78, 5) is 7.92. The van der Waals surface area contributed by atoms with Gasteiger partial charge in [-0.3, -0.25) is 4.98 Å². The fourth-order valence-electron chi connectivity index (χ4n) is 0.543. The van der Waals surface area contributed by atoms with Crippen molar-refractivity contribution >= 4 is 23.4 Å². The molecule has 0 N–H and O–H groups in total. The van der Waals surface area contributed by atoms with Crippen LogP contribution in [-0.2, 0) is 0 Å². The summed E-state index contributed by atoms with van der Waals surface area (Å²) >= 11 is 7.23. The number of hydrogen-bond acceptors (Lipinski definition) is 3. The molecule has 0 aliphatic carbocycles. The SMILES string of the molecule is CCSc1cncc(Cl)n1. The van der Waals surface area contributed by atoms with E-state index in [1.165, 1.54) is 6.20 Å². The van der Waals surface area contributed by atoms with Crippen LogP contribution in [0.2, 0.25) is 5.15 Å². The van der Waals surface area contributed by atoms with E-state index in [4.69, 9.17) is 11.6 Å². The lowest BCUT2D eigenvalue weighted by atomic mass is 10.8. The minimum Gasteiger partial charge on any atom is -0.259 e.